The molecule has 8 heterocycles. The smallest absolute Gasteiger partial charge is 0.306 e. The summed E-state index contributed by atoms with van der Waals surface area (Å²) in [5, 5.41) is 54.9. The van der Waals surface area contributed by atoms with E-state index in [1.54, 1.807) is 75.8 Å². The standard InChI is InChI=1S/C62H65N13O12S6/c1-28(2)45-59-74-48(41(93-59)23-87-5)52(80)64-22-44(77)71-49(50(78)30-9-7-6-8-10-30)58-69-40(26-90-58)56-67-38(24-89-56)47-35(54-68-39(25-88-54)51(79)66-37(21-43(76)63-4)57-73-46(29(3)92-57)53(81)72-45)19-20-36(65-47)55-70-42(27-91-55)75(34-17-15-33(16-18-34)62(85)86)60(82)31-11-13-32(14-12-31)61(83)84/h6-10,19-20,24-28,31-34,37,45,49-50,78H,11-18,21-23H2,1-5H3,(H,63,76)(H,64,80)(H,66,79)(H,71,77)(H,72,81)(H,83,84)(H,85,86)/t31?,32?,33?,34?,37-,45?,49-,50-/m0/s1. The maximum atomic E-state index is 14.7. The quantitative estimate of drug-likeness (QED) is 0.0533. The molecule has 10 bridgehead atoms. The summed E-state index contributed by atoms with van der Waals surface area (Å²) < 4.78 is 5.46. The molecule has 2 aliphatic carbocycles. The van der Waals surface area contributed by atoms with Gasteiger partial charge < -0.3 is 46.6 Å². The van der Waals surface area contributed by atoms with Gasteiger partial charge in [0.05, 0.1) is 54.1 Å². The van der Waals surface area contributed by atoms with Gasteiger partial charge in [0.25, 0.3) is 17.7 Å². The molecule has 0 radical (unpaired) electrons. The lowest BCUT2D eigenvalue weighted by atomic mass is 9.80. The Labute approximate surface area is 557 Å². The topological polar surface area (TPSA) is 360 Å². The number of carbonyl (C=O) groups excluding carboxylic acids is 6. The van der Waals surface area contributed by atoms with Crippen molar-refractivity contribution in [1.82, 2.24) is 61.5 Å². The lowest BCUT2D eigenvalue weighted by Gasteiger charge is -2.37. The van der Waals surface area contributed by atoms with Gasteiger partial charge in [0.15, 0.2) is 0 Å². The molecule has 1 unspecified atom stereocenters. The van der Waals surface area contributed by atoms with Crippen molar-refractivity contribution in [2.24, 2.45) is 23.7 Å². The molecule has 8 aromatic rings. The highest BCUT2D eigenvalue weighted by Crippen LogP contribution is 2.42. The number of aliphatic hydroxyl groups is 1. The van der Waals surface area contributed by atoms with Crippen molar-refractivity contribution in [1.29, 1.82) is 0 Å². The Morgan fingerprint density at radius 3 is 1.98 bits per heavy atom. The molecule has 31 heteroatoms. The van der Waals surface area contributed by atoms with Crippen LogP contribution in [0.5, 0.6) is 0 Å². The van der Waals surface area contributed by atoms with Gasteiger partial charge in [0.1, 0.15) is 82.2 Å². The zero-order valence-corrected chi connectivity index (χ0v) is 55.8. The molecule has 2 saturated carbocycles. The summed E-state index contributed by atoms with van der Waals surface area (Å²) >= 11 is 7.13. The molecule has 6 amide bonds. The van der Waals surface area contributed by atoms with Gasteiger partial charge in [-0.1, -0.05) is 44.2 Å². The number of aliphatic carboxylic acids is 2. The summed E-state index contributed by atoms with van der Waals surface area (Å²) in [7, 11) is 2.93. The predicted octanol–water partition coefficient (Wildman–Crippen LogP) is 9.18. The Morgan fingerprint density at radius 1 is 0.634 bits per heavy atom. The fourth-order valence-electron chi connectivity index (χ4n) is 11.5. The van der Waals surface area contributed by atoms with Crippen molar-refractivity contribution in [3.63, 3.8) is 0 Å². The maximum absolute atomic E-state index is 14.7. The molecule has 0 spiro atoms. The first-order valence-electron chi connectivity index (χ1n) is 30.0. The lowest BCUT2D eigenvalue weighted by Crippen LogP contribution is -2.47. The van der Waals surface area contributed by atoms with Crippen molar-refractivity contribution < 1.29 is 58.4 Å². The highest BCUT2D eigenvalue weighted by atomic mass is 32.1. The fourth-order valence-corrected chi connectivity index (χ4v) is 17.1. The number of pyridine rings is 1. The SMILES string of the molecule is CNC(=O)C[C@@H]1NC(=O)c2csc(n2)-c2ccc(-c3nc(N(C(=O)C4CCC(C(=O)O)CC4)C4CCC(C(=O)O)CC4)cs3)nc2-c2csc(n2)-c2csc(n2)[C@H]([C@@H](O)c2ccccc2)NC(=O)CNC(=O)c2nc(sc2COC)C(C(C)C)NC(=O)c2nc1sc2C. The molecule has 0 saturated heterocycles. The van der Waals surface area contributed by atoms with E-state index in [-0.39, 0.29) is 53.0 Å². The number of benzene rings is 1. The van der Waals surface area contributed by atoms with Crippen LogP contribution in [0.15, 0.2) is 64.0 Å². The number of carbonyl (C=O) groups is 8. The van der Waals surface area contributed by atoms with Gasteiger partial charge >= 0.3 is 11.9 Å². The Balaban J connectivity index is 0.985. The van der Waals surface area contributed by atoms with Crippen LogP contribution in [0.2, 0.25) is 0 Å². The Bertz CT molecular complexity index is 4110. The number of fused-ring (bicyclic) bond motifs is 14. The molecule has 1 aromatic carbocycles. The van der Waals surface area contributed by atoms with Crippen LogP contribution in [-0.4, -0.2) is 124 Å². The fraction of sp³-hybridized carbons (Fsp3) is 0.403. The predicted molar refractivity (Wildman–Crippen MR) is 351 cm³/mol. The number of methoxy groups -OCH3 is 1. The zero-order valence-electron chi connectivity index (χ0n) is 50.9. The largest absolute Gasteiger partial charge is 0.481 e. The van der Waals surface area contributed by atoms with Gasteiger partial charge in [-0.15, -0.1) is 68.0 Å². The van der Waals surface area contributed by atoms with Gasteiger partial charge in [-0.3, -0.25) is 43.3 Å². The number of rotatable bonds is 13. The summed E-state index contributed by atoms with van der Waals surface area (Å²) in [6.07, 6.45) is 1.57. The number of hydrogen-bond donors (Lipinski definition) is 8. The minimum Gasteiger partial charge on any atom is -0.481 e. The van der Waals surface area contributed by atoms with Crippen molar-refractivity contribution in [3.05, 3.63) is 111 Å². The maximum Gasteiger partial charge on any atom is 0.306 e. The second kappa shape index (κ2) is 29.0. The summed E-state index contributed by atoms with van der Waals surface area (Å²) in [6.45, 7) is 4.91. The molecule has 486 valence electrons. The van der Waals surface area contributed by atoms with E-state index in [4.69, 9.17) is 39.6 Å². The summed E-state index contributed by atoms with van der Waals surface area (Å²) in [5.74, 6) is -6.34. The third-order valence-electron chi connectivity index (χ3n) is 16.6. The monoisotopic (exact) mass is 1380 g/mol. The van der Waals surface area contributed by atoms with Crippen LogP contribution < -0.4 is 31.5 Å². The molecule has 1 aliphatic heterocycles. The van der Waals surface area contributed by atoms with Crippen LogP contribution in [0.1, 0.15) is 158 Å². The van der Waals surface area contributed by atoms with Crippen LogP contribution >= 0.6 is 68.0 Å². The molecule has 11 rings (SSSR count). The molecule has 4 atom stereocenters. The van der Waals surface area contributed by atoms with Crippen molar-refractivity contribution in [2.75, 3.05) is 25.6 Å². The van der Waals surface area contributed by atoms with E-state index in [2.05, 4.69) is 26.6 Å². The first-order chi connectivity index (χ1) is 44.7. The van der Waals surface area contributed by atoms with E-state index in [1.807, 2.05) is 13.8 Å². The van der Waals surface area contributed by atoms with Crippen LogP contribution in [0.25, 0.3) is 43.4 Å². The van der Waals surface area contributed by atoms with E-state index >= 15 is 0 Å². The molecule has 8 N–H and O–H groups in total. The second-order valence-corrected chi connectivity index (χ2v) is 28.9. The van der Waals surface area contributed by atoms with E-state index in [9.17, 15) is 53.7 Å². The zero-order chi connectivity index (χ0) is 65.8. The number of aliphatic hydroxyl groups excluding tert-OH is 1. The average Bonchev–Trinajstić information content (AvgIpc) is 1.88. The van der Waals surface area contributed by atoms with Crippen molar-refractivity contribution in [3.8, 4) is 43.4 Å². The third-order valence-corrected chi connectivity index (χ3v) is 22.3. The number of hydrogen-bond acceptors (Lipinski definition) is 23. The van der Waals surface area contributed by atoms with Gasteiger partial charge in [0.2, 0.25) is 17.7 Å². The highest BCUT2D eigenvalue weighted by Gasteiger charge is 2.40. The average molecular weight is 1380 g/mol. The number of nitrogens with one attached hydrogen (secondary N) is 5. The third kappa shape index (κ3) is 14.8. The number of anilines is 1. The van der Waals surface area contributed by atoms with E-state index in [1.165, 1.54) is 48.2 Å². The van der Waals surface area contributed by atoms with Crippen molar-refractivity contribution >= 4 is 121 Å². The Morgan fingerprint density at radius 2 is 1.28 bits per heavy atom. The number of thiazole rings is 6. The molecular formula is C62H65N13O12S6. The molecule has 93 heavy (non-hydrogen) atoms. The number of ether oxygens (including phenoxy) is 1. The van der Waals surface area contributed by atoms with Gasteiger partial charge in [-0.25, -0.2) is 34.9 Å². The second-order valence-electron chi connectivity index (χ2n) is 23.1. The molecule has 7 aromatic heterocycles. The number of aryl methyl sites for hydroxylation is 1. The number of aromatic nitrogens is 7. The Kier molecular flexibility index (Phi) is 20.7. The number of amides is 6. The van der Waals surface area contributed by atoms with Gasteiger partial charge in [-0.2, -0.15) is 0 Å². The summed E-state index contributed by atoms with van der Waals surface area (Å²) in [6, 6.07) is 9.05. The summed E-state index contributed by atoms with van der Waals surface area (Å²) in [4.78, 5) is 146. The van der Waals surface area contributed by atoms with Gasteiger partial charge in [-0.05, 0) is 81.9 Å². The lowest BCUT2D eigenvalue weighted by molar-refractivity contribution is -0.144. The minimum absolute atomic E-state index is 0.00251. The minimum atomic E-state index is -1.30. The number of carboxylic acid groups (broad SMARTS) is 2. The van der Waals surface area contributed by atoms with Crippen LogP contribution in [0, 0.1) is 30.6 Å². The number of carboxylic acids is 2. The van der Waals surface area contributed by atoms with E-state index < -0.39 is 90.0 Å². The summed E-state index contributed by atoms with van der Waals surface area (Å²) in [5.41, 5.74) is 2.51. The van der Waals surface area contributed by atoms with E-state index in [0.717, 1.165) is 34.0 Å². The molecular weight excluding hydrogens is 1310 g/mol. The van der Waals surface area contributed by atoms with Crippen LogP contribution in [0.4, 0.5) is 5.82 Å². The molecule has 3 aliphatic rings. The van der Waals surface area contributed by atoms with Gasteiger partial charge in [0, 0.05) is 58.1 Å². The number of nitrogens with zero attached hydrogens (tertiary/aromatic N) is 8. The van der Waals surface area contributed by atoms with Crippen molar-refractivity contribution in [2.45, 2.75) is 115 Å². The Hall–Kier alpha value is -8.17. The normalized spacial score (nSPS) is 21.0. The van der Waals surface area contributed by atoms with Crippen LogP contribution in [-0.2, 0) is 35.3 Å². The molecule has 25 nitrogen and oxygen atoms in total. The van der Waals surface area contributed by atoms with Crippen LogP contribution in [0.3, 0.4) is 0 Å². The first-order valence-corrected chi connectivity index (χ1v) is 35.1. The molecule has 2 fully saturated rings. The first kappa shape index (κ1) is 66.3. The highest BCUT2D eigenvalue weighted by molar-refractivity contribution is 7.15. The van der Waals surface area contributed by atoms with E-state index in [0.29, 0.717) is 126 Å².